The third-order valence-corrected chi connectivity index (χ3v) is 5.99. The van der Waals surface area contributed by atoms with Gasteiger partial charge < -0.3 is 5.73 Å². The number of nitrogens with two attached hydrogens (primary N) is 1. The van der Waals surface area contributed by atoms with Gasteiger partial charge in [0, 0.05) is 29.8 Å². The molecular formula is C18H17N5S. The van der Waals surface area contributed by atoms with Gasteiger partial charge in [-0.15, -0.1) is 11.3 Å². The van der Waals surface area contributed by atoms with Gasteiger partial charge in [0.15, 0.2) is 5.41 Å². The van der Waals surface area contributed by atoms with Gasteiger partial charge in [-0.25, -0.2) is 0 Å². The maximum absolute atomic E-state index is 9.88. The maximum atomic E-state index is 9.88. The molecule has 1 unspecified atom stereocenters. The lowest BCUT2D eigenvalue weighted by molar-refractivity contribution is 0.216. The first-order chi connectivity index (χ1) is 11.6. The number of likely N-dealkylation sites (N-methyl/N-ethyl adjacent to an activating group) is 1. The average molecular weight is 335 g/mol. The first-order valence-corrected chi connectivity index (χ1v) is 8.69. The van der Waals surface area contributed by atoms with Crippen LogP contribution in [0.5, 0.6) is 0 Å². The Labute approximate surface area is 145 Å². The molecule has 2 heterocycles. The normalized spacial score (nSPS) is 25.8. The number of rotatable bonds is 2. The van der Waals surface area contributed by atoms with Crippen molar-refractivity contribution in [3.8, 4) is 18.2 Å². The molecule has 0 saturated heterocycles. The fraction of sp³-hybridized carbons (Fsp3) is 0.389. The van der Waals surface area contributed by atoms with Crippen molar-refractivity contribution in [2.45, 2.75) is 12.8 Å². The number of hydrogen-bond acceptors (Lipinski definition) is 6. The minimum atomic E-state index is -1.51. The molecule has 24 heavy (non-hydrogen) atoms. The summed E-state index contributed by atoms with van der Waals surface area (Å²) in [6.45, 7) is 4.43. The zero-order valence-corrected chi connectivity index (χ0v) is 14.2. The van der Waals surface area contributed by atoms with E-state index in [1.165, 1.54) is 11.3 Å². The van der Waals surface area contributed by atoms with Crippen LogP contribution in [0, 0.1) is 45.3 Å². The largest absolute Gasteiger partial charge is 0.399 e. The Morgan fingerprint density at radius 3 is 2.67 bits per heavy atom. The van der Waals surface area contributed by atoms with Gasteiger partial charge in [-0.1, -0.05) is 19.1 Å². The van der Waals surface area contributed by atoms with E-state index in [-0.39, 0.29) is 17.5 Å². The summed E-state index contributed by atoms with van der Waals surface area (Å²) in [6.07, 6.45) is 2.03. The van der Waals surface area contributed by atoms with Gasteiger partial charge in [0.05, 0.1) is 23.4 Å². The molecule has 120 valence electrons. The summed E-state index contributed by atoms with van der Waals surface area (Å²) in [4.78, 5) is 3.22. The highest BCUT2D eigenvalue weighted by atomic mass is 32.1. The molecule has 0 saturated carbocycles. The molecule has 1 aliphatic heterocycles. The van der Waals surface area contributed by atoms with E-state index in [1.54, 1.807) is 0 Å². The number of nitrogens with zero attached hydrogens (tertiary/aromatic N) is 4. The van der Waals surface area contributed by atoms with Crippen LogP contribution in [-0.4, -0.2) is 24.5 Å². The first-order valence-electron chi connectivity index (χ1n) is 7.81. The molecule has 0 spiro atoms. The minimum absolute atomic E-state index is 0.0846. The van der Waals surface area contributed by atoms with Crippen LogP contribution in [0.15, 0.2) is 40.4 Å². The van der Waals surface area contributed by atoms with Crippen LogP contribution in [-0.2, 0) is 0 Å². The van der Waals surface area contributed by atoms with Crippen LogP contribution in [0.1, 0.15) is 17.7 Å². The van der Waals surface area contributed by atoms with Gasteiger partial charge in [-0.05, 0) is 23.6 Å². The SMILES string of the molecule is CCN1CC=C2C(C#N)=C(N)C(C#N)(C#N)C(c3cccs3)[C@H]2C1. The summed E-state index contributed by atoms with van der Waals surface area (Å²) in [6, 6.07) is 10.3. The van der Waals surface area contributed by atoms with Crippen LogP contribution >= 0.6 is 11.3 Å². The molecule has 1 aromatic heterocycles. The fourth-order valence-electron chi connectivity index (χ4n) is 3.77. The smallest absolute Gasteiger partial charge is 0.192 e. The molecule has 2 N–H and O–H groups in total. The van der Waals surface area contributed by atoms with Crippen molar-refractivity contribution < 1.29 is 0 Å². The molecule has 0 radical (unpaired) electrons. The number of allylic oxidation sites excluding steroid dienone is 2. The van der Waals surface area contributed by atoms with Crippen molar-refractivity contribution in [2.75, 3.05) is 19.6 Å². The summed E-state index contributed by atoms with van der Waals surface area (Å²) in [5, 5.41) is 31.3. The summed E-state index contributed by atoms with van der Waals surface area (Å²) < 4.78 is 0. The first kappa shape index (κ1) is 16.3. The predicted octanol–water partition coefficient (Wildman–Crippen LogP) is 2.49. The predicted molar refractivity (Wildman–Crippen MR) is 91.2 cm³/mol. The van der Waals surface area contributed by atoms with E-state index in [1.807, 2.05) is 23.6 Å². The fourth-order valence-corrected chi connectivity index (χ4v) is 4.73. The van der Waals surface area contributed by atoms with Crippen molar-refractivity contribution in [1.82, 2.24) is 4.90 Å². The van der Waals surface area contributed by atoms with E-state index in [0.29, 0.717) is 12.1 Å². The van der Waals surface area contributed by atoms with E-state index in [0.717, 1.165) is 23.5 Å². The Morgan fingerprint density at radius 1 is 1.38 bits per heavy atom. The zero-order valence-electron chi connectivity index (χ0n) is 13.4. The Hall–Kier alpha value is -2.59. The van der Waals surface area contributed by atoms with Crippen LogP contribution < -0.4 is 5.73 Å². The number of nitriles is 3. The summed E-state index contributed by atoms with van der Waals surface area (Å²) >= 11 is 1.53. The Balaban J connectivity index is 2.29. The van der Waals surface area contributed by atoms with E-state index >= 15 is 0 Å². The summed E-state index contributed by atoms with van der Waals surface area (Å²) in [5.41, 5.74) is 6.02. The topological polar surface area (TPSA) is 101 Å². The van der Waals surface area contributed by atoms with E-state index < -0.39 is 5.41 Å². The molecule has 6 heteroatoms. The monoisotopic (exact) mass is 335 g/mol. The Bertz CT molecular complexity index is 814. The zero-order chi connectivity index (χ0) is 17.3. The number of hydrogen-bond donors (Lipinski definition) is 1. The molecular weight excluding hydrogens is 318 g/mol. The van der Waals surface area contributed by atoms with Crippen molar-refractivity contribution >= 4 is 11.3 Å². The molecule has 0 bridgehead atoms. The lowest BCUT2D eigenvalue weighted by Crippen LogP contribution is -2.47. The Morgan fingerprint density at radius 2 is 2.12 bits per heavy atom. The highest BCUT2D eigenvalue weighted by Crippen LogP contribution is 2.54. The molecule has 3 rings (SSSR count). The van der Waals surface area contributed by atoms with Crippen LogP contribution in [0.4, 0.5) is 0 Å². The maximum Gasteiger partial charge on any atom is 0.192 e. The van der Waals surface area contributed by atoms with E-state index in [4.69, 9.17) is 5.73 Å². The second-order valence-corrected chi connectivity index (χ2v) is 7.02. The molecule has 1 aliphatic carbocycles. The number of thiophene rings is 1. The molecule has 2 atom stereocenters. The summed E-state index contributed by atoms with van der Waals surface area (Å²) in [7, 11) is 0. The minimum Gasteiger partial charge on any atom is -0.399 e. The highest BCUT2D eigenvalue weighted by molar-refractivity contribution is 7.10. The molecule has 0 aromatic carbocycles. The third kappa shape index (κ3) is 2.14. The van der Waals surface area contributed by atoms with Gasteiger partial charge >= 0.3 is 0 Å². The lowest BCUT2D eigenvalue weighted by atomic mass is 9.59. The number of fused-ring (bicyclic) bond motifs is 1. The van der Waals surface area contributed by atoms with Gasteiger partial charge in [-0.2, -0.15) is 15.8 Å². The quantitative estimate of drug-likeness (QED) is 0.895. The van der Waals surface area contributed by atoms with E-state index in [9.17, 15) is 15.8 Å². The highest BCUT2D eigenvalue weighted by Gasteiger charge is 2.54. The Kier molecular flexibility index (Phi) is 4.16. The van der Waals surface area contributed by atoms with E-state index in [2.05, 4.69) is 30.0 Å². The van der Waals surface area contributed by atoms with Crippen LogP contribution in [0.2, 0.25) is 0 Å². The van der Waals surface area contributed by atoms with Gasteiger partial charge in [0.2, 0.25) is 0 Å². The van der Waals surface area contributed by atoms with Gasteiger partial charge in [-0.3, -0.25) is 4.90 Å². The lowest BCUT2D eigenvalue weighted by Gasteiger charge is -2.44. The second-order valence-electron chi connectivity index (χ2n) is 6.04. The molecule has 0 amide bonds. The standard InChI is InChI=1S/C18H17N5S/c1-2-23-6-5-12-13(8-19)17(22)18(10-20,11-21)16(14(12)9-23)15-4-3-7-24-15/h3-5,7,14,16H,2,6,9,22H2,1H3/t14-,16?/m0/s1. The average Bonchev–Trinajstić information content (AvgIpc) is 3.14. The van der Waals surface area contributed by atoms with Crippen molar-refractivity contribution in [3.05, 3.63) is 45.3 Å². The van der Waals surface area contributed by atoms with Gasteiger partial charge in [0.1, 0.15) is 6.07 Å². The van der Waals surface area contributed by atoms with Crippen LogP contribution in [0.3, 0.4) is 0 Å². The van der Waals surface area contributed by atoms with Crippen molar-refractivity contribution in [2.24, 2.45) is 17.1 Å². The van der Waals surface area contributed by atoms with Crippen molar-refractivity contribution in [1.29, 1.82) is 15.8 Å². The molecule has 1 aromatic rings. The molecule has 0 fully saturated rings. The molecule has 5 nitrogen and oxygen atoms in total. The molecule has 2 aliphatic rings. The summed E-state index contributed by atoms with van der Waals surface area (Å²) in [5.74, 6) is -0.441. The van der Waals surface area contributed by atoms with Gasteiger partial charge in [0.25, 0.3) is 0 Å². The second kappa shape index (κ2) is 6.13. The third-order valence-electron chi connectivity index (χ3n) is 5.04. The van der Waals surface area contributed by atoms with Crippen LogP contribution in [0.25, 0.3) is 0 Å². The van der Waals surface area contributed by atoms with Crippen molar-refractivity contribution in [3.63, 3.8) is 0 Å².